The van der Waals surface area contributed by atoms with Gasteiger partial charge in [0.15, 0.2) is 0 Å². The molecular weight excluding hydrogens is 308 g/mol. The van der Waals surface area contributed by atoms with Crippen LogP contribution in [0.15, 0.2) is 23.6 Å². The summed E-state index contributed by atoms with van der Waals surface area (Å²) in [6.07, 6.45) is 0.896. The van der Waals surface area contributed by atoms with E-state index in [1.165, 1.54) is 11.3 Å². The van der Waals surface area contributed by atoms with Gasteiger partial charge >= 0.3 is 0 Å². The Bertz CT molecular complexity index is 628. The van der Waals surface area contributed by atoms with Crippen LogP contribution in [-0.2, 0) is 0 Å². The lowest BCUT2D eigenvalue weighted by atomic mass is 10.2. The second-order valence-electron chi connectivity index (χ2n) is 4.37. The smallest absolute Gasteiger partial charge is 0.270 e. The van der Waals surface area contributed by atoms with Gasteiger partial charge in [-0.3, -0.25) is 4.79 Å². The zero-order valence-electron chi connectivity index (χ0n) is 12.0. The second kappa shape index (κ2) is 7.43. The van der Waals surface area contributed by atoms with Crippen LogP contribution >= 0.6 is 22.9 Å². The molecule has 4 nitrogen and oxygen atoms in total. The van der Waals surface area contributed by atoms with Gasteiger partial charge in [-0.2, -0.15) is 0 Å². The summed E-state index contributed by atoms with van der Waals surface area (Å²) >= 11 is 7.66. The maximum atomic E-state index is 11.9. The molecule has 0 unspecified atom stereocenters. The minimum absolute atomic E-state index is 0.151. The predicted octanol–water partition coefficient (Wildman–Crippen LogP) is 4.00. The first-order valence-electron chi connectivity index (χ1n) is 6.82. The number of thiazole rings is 1. The van der Waals surface area contributed by atoms with Gasteiger partial charge in [0, 0.05) is 17.5 Å². The van der Waals surface area contributed by atoms with Gasteiger partial charge in [-0.25, -0.2) is 4.98 Å². The third kappa shape index (κ3) is 3.95. The first-order valence-corrected chi connectivity index (χ1v) is 8.08. The van der Waals surface area contributed by atoms with E-state index >= 15 is 0 Å². The third-order valence-corrected chi connectivity index (χ3v) is 3.94. The van der Waals surface area contributed by atoms with Crippen molar-refractivity contribution in [3.05, 3.63) is 34.3 Å². The van der Waals surface area contributed by atoms with Crippen molar-refractivity contribution in [2.75, 3.05) is 13.2 Å². The fourth-order valence-electron chi connectivity index (χ4n) is 1.76. The zero-order chi connectivity index (χ0) is 15.2. The molecule has 0 saturated heterocycles. The third-order valence-electron chi connectivity index (χ3n) is 2.75. The maximum absolute atomic E-state index is 11.9. The van der Waals surface area contributed by atoms with Crippen molar-refractivity contribution < 1.29 is 9.53 Å². The van der Waals surface area contributed by atoms with Crippen molar-refractivity contribution in [1.82, 2.24) is 10.3 Å². The molecule has 2 aromatic rings. The summed E-state index contributed by atoms with van der Waals surface area (Å²) in [7, 11) is 0. The molecule has 0 fully saturated rings. The number of ether oxygens (including phenoxy) is 1. The Labute approximate surface area is 133 Å². The number of carbonyl (C=O) groups excluding carboxylic acids is 1. The van der Waals surface area contributed by atoms with Gasteiger partial charge in [-0.05, 0) is 31.5 Å². The first kappa shape index (κ1) is 15.8. The zero-order valence-corrected chi connectivity index (χ0v) is 13.6. The average Bonchev–Trinajstić information content (AvgIpc) is 2.95. The normalized spacial score (nSPS) is 10.4. The van der Waals surface area contributed by atoms with Crippen LogP contribution in [-0.4, -0.2) is 24.0 Å². The number of carbonyl (C=O) groups is 1. The van der Waals surface area contributed by atoms with Gasteiger partial charge < -0.3 is 10.1 Å². The molecule has 2 rings (SSSR count). The molecule has 0 aliphatic rings. The largest absolute Gasteiger partial charge is 0.494 e. The lowest BCUT2D eigenvalue weighted by Gasteiger charge is -2.05. The Morgan fingerprint density at radius 1 is 1.43 bits per heavy atom. The number of hydrogen-bond acceptors (Lipinski definition) is 4. The monoisotopic (exact) mass is 324 g/mol. The molecule has 0 aliphatic heterocycles. The molecule has 21 heavy (non-hydrogen) atoms. The van der Waals surface area contributed by atoms with Gasteiger partial charge in [0.2, 0.25) is 0 Å². The highest BCUT2D eigenvalue weighted by Gasteiger charge is 2.13. The van der Waals surface area contributed by atoms with E-state index in [1.807, 2.05) is 26.0 Å². The molecular formula is C15H17ClN2O2S. The van der Waals surface area contributed by atoms with Crippen molar-refractivity contribution in [3.63, 3.8) is 0 Å². The summed E-state index contributed by atoms with van der Waals surface area (Å²) in [4.78, 5) is 16.2. The highest BCUT2D eigenvalue weighted by atomic mass is 35.5. The molecule has 1 N–H and O–H groups in total. The average molecular weight is 325 g/mol. The van der Waals surface area contributed by atoms with Crippen LogP contribution in [0.5, 0.6) is 5.75 Å². The van der Waals surface area contributed by atoms with Crippen LogP contribution in [0.4, 0.5) is 0 Å². The number of halogens is 1. The van der Waals surface area contributed by atoms with Crippen molar-refractivity contribution in [2.24, 2.45) is 0 Å². The Hall–Kier alpha value is -1.59. The van der Waals surface area contributed by atoms with E-state index in [9.17, 15) is 4.79 Å². The molecule has 0 atom stereocenters. The van der Waals surface area contributed by atoms with Crippen molar-refractivity contribution in [3.8, 4) is 16.3 Å². The Morgan fingerprint density at radius 2 is 2.24 bits per heavy atom. The Kier molecular flexibility index (Phi) is 5.59. The van der Waals surface area contributed by atoms with Crippen molar-refractivity contribution >= 4 is 28.8 Å². The quantitative estimate of drug-likeness (QED) is 0.873. The molecule has 6 heteroatoms. The van der Waals surface area contributed by atoms with E-state index in [0.717, 1.165) is 22.7 Å². The first-order chi connectivity index (χ1) is 10.2. The number of benzene rings is 1. The fraction of sp³-hybridized carbons (Fsp3) is 0.333. The Balaban J connectivity index is 2.19. The molecule has 1 amide bonds. The number of rotatable bonds is 6. The van der Waals surface area contributed by atoms with E-state index in [2.05, 4.69) is 10.3 Å². The minimum atomic E-state index is -0.151. The van der Waals surface area contributed by atoms with E-state index in [0.29, 0.717) is 23.9 Å². The molecule has 1 aromatic heterocycles. The summed E-state index contributed by atoms with van der Waals surface area (Å²) in [5.41, 5.74) is 1.23. The molecule has 1 heterocycles. The van der Waals surface area contributed by atoms with Gasteiger partial charge in [-0.1, -0.05) is 18.5 Å². The summed E-state index contributed by atoms with van der Waals surface area (Å²) in [6.45, 7) is 5.17. The van der Waals surface area contributed by atoms with Crippen molar-refractivity contribution in [1.29, 1.82) is 0 Å². The minimum Gasteiger partial charge on any atom is -0.494 e. The van der Waals surface area contributed by atoms with Gasteiger partial charge in [-0.15, -0.1) is 11.3 Å². The standard InChI is InChI=1S/C15H17ClN2O2S/c1-3-7-17-14(19)13-9-21-15(18-13)11-6-5-10(20-4-2)8-12(11)16/h5-6,8-9H,3-4,7H2,1-2H3,(H,17,19). The predicted molar refractivity (Wildman–Crippen MR) is 86.4 cm³/mol. The van der Waals surface area contributed by atoms with E-state index in [1.54, 1.807) is 11.4 Å². The van der Waals surface area contributed by atoms with E-state index in [-0.39, 0.29) is 5.91 Å². The van der Waals surface area contributed by atoms with Crippen LogP contribution < -0.4 is 10.1 Å². The summed E-state index contributed by atoms with van der Waals surface area (Å²) in [5, 5.41) is 5.84. The molecule has 0 spiro atoms. The lowest BCUT2D eigenvalue weighted by molar-refractivity contribution is 0.0949. The number of amides is 1. The fourth-order valence-corrected chi connectivity index (χ4v) is 2.91. The van der Waals surface area contributed by atoms with Gasteiger partial charge in [0.25, 0.3) is 5.91 Å². The molecule has 0 aliphatic carbocycles. The highest BCUT2D eigenvalue weighted by molar-refractivity contribution is 7.13. The topological polar surface area (TPSA) is 51.2 Å². The van der Waals surface area contributed by atoms with Gasteiger partial charge in [0.05, 0.1) is 11.6 Å². The summed E-state index contributed by atoms with van der Waals surface area (Å²) < 4.78 is 5.40. The van der Waals surface area contributed by atoms with Crippen LogP contribution in [0, 0.1) is 0 Å². The molecule has 0 saturated carbocycles. The van der Waals surface area contributed by atoms with E-state index in [4.69, 9.17) is 16.3 Å². The molecule has 0 bridgehead atoms. The summed E-state index contributed by atoms with van der Waals surface area (Å²) in [5.74, 6) is 0.574. The molecule has 1 aromatic carbocycles. The number of aromatic nitrogens is 1. The van der Waals surface area contributed by atoms with E-state index < -0.39 is 0 Å². The van der Waals surface area contributed by atoms with Crippen LogP contribution in [0.1, 0.15) is 30.8 Å². The Morgan fingerprint density at radius 3 is 2.90 bits per heavy atom. The van der Waals surface area contributed by atoms with Crippen molar-refractivity contribution in [2.45, 2.75) is 20.3 Å². The highest BCUT2D eigenvalue weighted by Crippen LogP contribution is 2.33. The SMILES string of the molecule is CCCNC(=O)c1csc(-c2ccc(OCC)cc2Cl)n1. The number of nitrogens with zero attached hydrogens (tertiary/aromatic N) is 1. The van der Waals surface area contributed by atoms with Crippen LogP contribution in [0.2, 0.25) is 5.02 Å². The van der Waals surface area contributed by atoms with Crippen LogP contribution in [0.3, 0.4) is 0 Å². The molecule has 0 radical (unpaired) electrons. The lowest BCUT2D eigenvalue weighted by Crippen LogP contribution is -2.24. The second-order valence-corrected chi connectivity index (χ2v) is 5.63. The maximum Gasteiger partial charge on any atom is 0.270 e. The molecule has 112 valence electrons. The van der Waals surface area contributed by atoms with Gasteiger partial charge in [0.1, 0.15) is 16.5 Å². The number of nitrogens with one attached hydrogen (secondary N) is 1. The number of hydrogen-bond donors (Lipinski definition) is 1. The van der Waals surface area contributed by atoms with Crippen LogP contribution in [0.25, 0.3) is 10.6 Å². The summed E-state index contributed by atoms with van der Waals surface area (Å²) in [6, 6.07) is 5.47.